The van der Waals surface area contributed by atoms with Crippen molar-refractivity contribution in [2.45, 2.75) is 31.9 Å². The molecule has 128 valence electrons. The van der Waals surface area contributed by atoms with E-state index in [1.165, 1.54) is 0 Å². The minimum absolute atomic E-state index is 0.246. The molecule has 1 aromatic carbocycles. The number of carbonyl (C=O) groups excluding carboxylic acids is 1. The van der Waals surface area contributed by atoms with Gasteiger partial charge in [-0.2, -0.15) is 5.10 Å². The van der Waals surface area contributed by atoms with Crippen LogP contribution in [0, 0.1) is 0 Å². The molecule has 0 bridgehead atoms. The summed E-state index contributed by atoms with van der Waals surface area (Å²) in [7, 11) is 0. The number of nitrogens with two attached hydrogens (primary N) is 1. The molecular weight excluding hydrogens is 306 g/mol. The average Bonchev–Trinajstić information content (AvgIpc) is 3.06. The van der Waals surface area contributed by atoms with Gasteiger partial charge in [0.15, 0.2) is 11.6 Å². The molecule has 1 fully saturated rings. The van der Waals surface area contributed by atoms with Gasteiger partial charge in [-0.05, 0) is 5.56 Å². The van der Waals surface area contributed by atoms with Gasteiger partial charge in [0.25, 0.3) is 0 Å². The topological polar surface area (TPSA) is 97.1 Å². The Hall–Kier alpha value is -2.25. The van der Waals surface area contributed by atoms with Crippen molar-refractivity contribution in [3.8, 4) is 0 Å². The van der Waals surface area contributed by atoms with E-state index in [-0.39, 0.29) is 17.9 Å². The van der Waals surface area contributed by atoms with Crippen LogP contribution in [0.1, 0.15) is 49.1 Å². The number of morpholine rings is 1. The van der Waals surface area contributed by atoms with Crippen molar-refractivity contribution in [1.82, 2.24) is 20.1 Å². The van der Waals surface area contributed by atoms with E-state index in [9.17, 15) is 4.79 Å². The highest BCUT2D eigenvalue weighted by molar-refractivity contribution is 5.81. The number of ether oxygens (including phenoxy) is 1. The molecule has 7 nitrogen and oxygen atoms in total. The number of primary amides is 1. The third-order valence-electron chi connectivity index (χ3n) is 4.19. The maximum atomic E-state index is 12.0. The van der Waals surface area contributed by atoms with Crippen LogP contribution in [-0.2, 0) is 9.53 Å². The van der Waals surface area contributed by atoms with E-state index in [0.29, 0.717) is 25.5 Å². The summed E-state index contributed by atoms with van der Waals surface area (Å²) in [6.07, 6.45) is -0.246. The minimum Gasteiger partial charge on any atom is -0.368 e. The van der Waals surface area contributed by atoms with Gasteiger partial charge in [-0.1, -0.05) is 44.2 Å². The van der Waals surface area contributed by atoms with Crippen LogP contribution in [0.25, 0.3) is 0 Å². The molecule has 1 aliphatic heterocycles. The highest BCUT2D eigenvalue weighted by Crippen LogP contribution is 2.27. The van der Waals surface area contributed by atoms with Gasteiger partial charge >= 0.3 is 0 Å². The SMILES string of the molecule is CC(C)c1n[nH]c([C@@H]2CN([C@H](C(N)=O)c3ccccc3)CCO2)n1. The monoisotopic (exact) mass is 329 g/mol. The van der Waals surface area contributed by atoms with Gasteiger partial charge in [0, 0.05) is 19.0 Å². The summed E-state index contributed by atoms with van der Waals surface area (Å²) in [4.78, 5) is 18.6. The second-order valence-corrected chi connectivity index (χ2v) is 6.30. The fraction of sp³-hybridized carbons (Fsp3) is 0.471. The van der Waals surface area contributed by atoms with E-state index in [4.69, 9.17) is 10.5 Å². The lowest BCUT2D eigenvalue weighted by atomic mass is 10.0. The van der Waals surface area contributed by atoms with Crippen molar-refractivity contribution in [3.05, 3.63) is 47.5 Å². The molecule has 1 saturated heterocycles. The fourth-order valence-corrected chi connectivity index (χ4v) is 2.95. The summed E-state index contributed by atoms with van der Waals surface area (Å²) in [5, 5.41) is 7.18. The number of H-pyrrole nitrogens is 1. The first-order chi connectivity index (χ1) is 11.6. The third-order valence-corrected chi connectivity index (χ3v) is 4.19. The first kappa shape index (κ1) is 16.6. The molecule has 2 atom stereocenters. The Labute approximate surface area is 141 Å². The maximum absolute atomic E-state index is 12.0. The number of aromatic amines is 1. The smallest absolute Gasteiger partial charge is 0.239 e. The Balaban J connectivity index is 1.79. The molecular formula is C17H23N5O2. The van der Waals surface area contributed by atoms with Gasteiger partial charge in [0.2, 0.25) is 5.91 Å². The van der Waals surface area contributed by atoms with E-state index in [1.807, 2.05) is 49.1 Å². The van der Waals surface area contributed by atoms with Crippen molar-refractivity contribution in [2.24, 2.45) is 5.73 Å². The number of benzene rings is 1. The summed E-state index contributed by atoms with van der Waals surface area (Å²) >= 11 is 0. The van der Waals surface area contributed by atoms with Gasteiger partial charge in [-0.3, -0.25) is 14.8 Å². The highest BCUT2D eigenvalue weighted by atomic mass is 16.5. The number of amides is 1. The van der Waals surface area contributed by atoms with Crippen LogP contribution in [0.5, 0.6) is 0 Å². The zero-order valence-electron chi connectivity index (χ0n) is 14.0. The largest absolute Gasteiger partial charge is 0.368 e. The first-order valence-electron chi connectivity index (χ1n) is 8.18. The van der Waals surface area contributed by atoms with Crippen molar-refractivity contribution in [1.29, 1.82) is 0 Å². The summed E-state index contributed by atoms with van der Waals surface area (Å²) < 4.78 is 5.83. The molecule has 24 heavy (non-hydrogen) atoms. The molecule has 7 heteroatoms. The zero-order valence-corrected chi connectivity index (χ0v) is 14.0. The number of aromatic nitrogens is 3. The van der Waals surface area contributed by atoms with E-state index < -0.39 is 6.04 Å². The Morgan fingerprint density at radius 1 is 1.38 bits per heavy atom. The van der Waals surface area contributed by atoms with Crippen molar-refractivity contribution < 1.29 is 9.53 Å². The number of hydrogen-bond acceptors (Lipinski definition) is 5. The Kier molecular flexibility index (Phi) is 4.92. The molecule has 1 aliphatic rings. The predicted octanol–water partition coefficient (Wildman–Crippen LogP) is 1.53. The number of rotatable bonds is 5. The highest BCUT2D eigenvalue weighted by Gasteiger charge is 2.32. The van der Waals surface area contributed by atoms with E-state index in [1.54, 1.807) is 0 Å². The molecule has 1 aromatic heterocycles. The second kappa shape index (κ2) is 7.11. The second-order valence-electron chi connectivity index (χ2n) is 6.30. The first-order valence-corrected chi connectivity index (χ1v) is 8.18. The lowest BCUT2D eigenvalue weighted by Gasteiger charge is -2.36. The van der Waals surface area contributed by atoms with Gasteiger partial charge < -0.3 is 10.5 Å². The van der Waals surface area contributed by atoms with Crippen LogP contribution >= 0.6 is 0 Å². The van der Waals surface area contributed by atoms with Crippen LogP contribution in [0.4, 0.5) is 0 Å². The van der Waals surface area contributed by atoms with Gasteiger partial charge in [-0.25, -0.2) is 4.98 Å². The predicted molar refractivity (Wildman–Crippen MR) is 89.1 cm³/mol. The minimum atomic E-state index is -0.468. The van der Waals surface area contributed by atoms with Crippen molar-refractivity contribution in [2.75, 3.05) is 19.7 Å². The normalized spacial score (nSPS) is 20.2. The molecule has 2 heterocycles. The molecule has 3 rings (SSSR count). The number of hydrogen-bond donors (Lipinski definition) is 2. The molecule has 0 saturated carbocycles. The summed E-state index contributed by atoms with van der Waals surface area (Å²) in [6, 6.07) is 9.12. The van der Waals surface area contributed by atoms with Crippen LogP contribution in [0.15, 0.2) is 30.3 Å². The number of carbonyl (C=O) groups is 1. The van der Waals surface area contributed by atoms with Gasteiger partial charge in [-0.15, -0.1) is 0 Å². The van der Waals surface area contributed by atoms with Gasteiger partial charge in [0.1, 0.15) is 12.1 Å². The van der Waals surface area contributed by atoms with E-state index >= 15 is 0 Å². The standard InChI is InChI=1S/C17H23N5O2/c1-11(2)16-19-17(21-20-16)13-10-22(8-9-24-13)14(15(18)23)12-6-4-3-5-7-12/h3-7,11,13-14H,8-10H2,1-2H3,(H2,18,23)(H,19,20,21)/t13-,14-/m0/s1. The number of nitrogens with one attached hydrogen (secondary N) is 1. The molecule has 0 aliphatic carbocycles. The van der Waals surface area contributed by atoms with E-state index in [2.05, 4.69) is 15.2 Å². The zero-order chi connectivity index (χ0) is 17.1. The molecule has 0 unspecified atom stereocenters. The van der Waals surface area contributed by atoms with Gasteiger partial charge in [0.05, 0.1) is 6.61 Å². The molecule has 2 aromatic rings. The summed E-state index contributed by atoms with van der Waals surface area (Å²) in [6.45, 7) is 5.78. The lowest BCUT2D eigenvalue weighted by molar-refractivity contribution is -0.127. The van der Waals surface area contributed by atoms with Crippen LogP contribution < -0.4 is 5.73 Å². The fourth-order valence-electron chi connectivity index (χ4n) is 2.95. The van der Waals surface area contributed by atoms with Crippen LogP contribution in [-0.4, -0.2) is 45.7 Å². The Morgan fingerprint density at radius 2 is 2.12 bits per heavy atom. The Bertz CT molecular complexity index is 685. The molecule has 0 spiro atoms. The van der Waals surface area contributed by atoms with Crippen LogP contribution in [0.2, 0.25) is 0 Å². The van der Waals surface area contributed by atoms with Crippen LogP contribution in [0.3, 0.4) is 0 Å². The van der Waals surface area contributed by atoms with Crippen molar-refractivity contribution >= 4 is 5.91 Å². The third kappa shape index (κ3) is 3.47. The summed E-state index contributed by atoms with van der Waals surface area (Å²) in [5.74, 6) is 1.35. The van der Waals surface area contributed by atoms with E-state index in [0.717, 1.165) is 11.4 Å². The maximum Gasteiger partial charge on any atom is 0.239 e. The quantitative estimate of drug-likeness (QED) is 0.867. The average molecular weight is 329 g/mol. The molecule has 3 N–H and O–H groups in total. The molecule has 1 amide bonds. The molecule has 0 radical (unpaired) electrons. The Morgan fingerprint density at radius 3 is 2.75 bits per heavy atom. The number of nitrogens with zero attached hydrogens (tertiary/aromatic N) is 3. The summed E-state index contributed by atoms with van der Waals surface area (Å²) in [5.41, 5.74) is 6.56. The lowest BCUT2D eigenvalue weighted by Crippen LogP contribution is -2.45. The van der Waals surface area contributed by atoms with Crippen molar-refractivity contribution in [3.63, 3.8) is 0 Å².